The van der Waals surface area contributed by atoms with Crippen molar-refractivity contribution in [2.24, 2.45) is 0 Å². The van der Waals surface area contributed by atoms with Crippen LogP contribution < -0.4 is 4.90 Å². The Hall–Kier alpha value is -2.00. The van der Waals surface area contributed by atoms with Gasteiger partial charge in [0.05, 0.1) is 50.6 Å². The molecule has 9 heterocycles. The summed E-state index contributed by atoms with van der Waals surface area (Å²) in [4.78, 5) is 36.9. The van der Waals surface area contributed by atoms with Crippen LogP contribution in [0.2, 0.25) is 0 Å². The smallest absolute Gasteiger partial charge is 0.230 e. The summed E-state index contributed by atoms with van der Waals surface area (Å²) >= 11 is 1.74. The zero-order valence-corrected chi connectivity index (χ0v) is 23.3. The number of aryl methyl sites for hydroxylation is 1. The van der Waals surface area contributed by atoms with Crippen LogP contribution in [-0.4, -0.2) is 129 Å². The first-order chi connectivity index (χ1) is 18.3. The van der Waals surface area contributed by atoms with E-state index in [0.717, 1.165) is 113 Å². The molecular formula is C26H38N10OS+2. The van der Waals surface area contributed by atoms with E-state index in [0.29, 0.717) is 0 Å². The maximum absolute atomic E-state index is 13.0. The van der Waals surface area contributed by atoms with Gasteiger partial charge in [-0.2, -0.15) is 0 Å². The van der Waals surface area contributed by atoms with Crippen LogP contribution in [0.4, 0.5) is 10.8 Å². The highest BCUT2D eigenvalue weighted by Crippen LogP contribution is 2.39. The molecule has 0 aliphatic carbocycles. The van der Waals surface area contributed by atoms with Crippen molar-refractivity contribution in [1.82, 2.24) is 34.4 Å². The van der Waals surface area contributed by atoms with Crippen molar-refractivity contribution in [2.45, 2.75) is 26.9 Å². The fraction of sp³-hybridized carbons (Fsp3) is 0.615. The van der Waals surface area contributed by atoms with Crippen LogP contribution in [0.1, 0.15) is 23.1 Å². The lowest BCUT2D eigenvalue weighted by Crippen LogP contribution is -2.79. The second-order valence-corrected chi connectivity index (χ2v) is 13.8. The van der Waals surface area contributed by atoms with Crippen LogP contribution in [0.3, 0.4) is 0 Å². The third-order valence-electron chi connectivity index (χ3n) is 8.93. The summed E-state index contributed by atoms with van der Waals surface area (Å²) in [6.45, 7) is 18.7. The first kappa shape index (κ1) is 23.9. The Labute approximate surface area is 228 Å². The van der Waals surface area contributed by atoms with E-state index in [2.05, 4.69) is 48.5 Å². The van der Waals surface area contributed by atoms with Crippen molar-refractivity contribution in [3.63, 3.8) is 0 Å². The number of benzene rings is 1. The molecule has 8 bridgehead atoms. The molecule has 0 unspecified atom stereocenters. The number of thiazole rings is 1. The van der Waals surface area contributed by atoms with Gasteiger partial charge >= 0.3 is 0 Å². The molecule has 8 aliphatic rings. The normalized spacial score (nSPS) is 40.2. The van der Waals surface area contributed by atoms with Crippen molar-refractivity contribution in [2.75, 3.05) is 84.9 Å². The lowest BCUT2D eigenvalue weighted by Gasteiger charge is -2.61. The maximum Gasteiger partial charge on any atom is 0.230 e. The van der Waals surface area contributed by atoms with Gasteiger partial charge in [0.15, 0.2) is 5.13 Å². The first-order valence-electron chi connectivity index (χ1n) is 13.7. The van der Waals surface area contributed by atoms with Gasteiger partial charge in [-0.05, 0) is 19.1 Å². The van der Waals surface area contributed by atoms with Gasteiger partial charge in [0.25, 0.3) is 0 Å². The molecule has 11 nitrogen and oxygen atoms in total. The molecule has 0 spiro atoms. The van der Waals surface area contributed by atoms with Gasteiger partial charge in [-0.1, -0.05) is 29.0 Å². The average Bonchev–Trinajstić information content (AvgIpc) is 3.18. The molecule has 1 aromatic heterocycles. The number of carbonyl (C=O) groups is 1. The van der Waals surface area contributed by atoms with Crippen molar-refractivity contribution in [3.8, 4) is 0 Å². The quantitative estimate of drug-likeness (QED) is 0.508. The molecule has 38 heavy (non-hydrogen) atoms. The summed E-state index contributed by atoms with van der Waals surface area (Å²) in [7, 11) is 0. The molecule has 1 amide bonds. The third-order valence-corrected chi connectivity index (χ3v) is 10.00. The minimum Gasteiger partial charge on any atom is -0.281 e. The van der Waals surface area contributed by atoms with Gasteiger partial charge in [-0.3, -0.25) is 18.7 Å². The summed E-state index contributed by atoms with van der Waals surface area (Å²) in [5, 5.41) is 0.816. The van der Waals surface area contributed by atoms with Crippen LogP contribution in [0.25, 0.3) is 0 Å². The Bertz CT molecular complexity index is 1130. The van der Waals surface area contributed by atoms with E-state index in [-0.39, 0.29) is 5.91 Å². The minimum atomic E-state index is 0.0148. The van der Waals surface area contributed by atoms with E-state index in [1.807, 2.05) is 17.0 Å². The number of hydrogen-bond acceptors (Lipinski definition) is 9. The number of carbonyl (C=O) groups excluding carboxylic acids is 1. The molecule has 2 aromatic rings. The van der Waals surface area contributed by atoms with Crippen molar-refractivity contribution in [3.05, 3.63) is 40.4 Å². The molecule has 8 saturated heterocycles. The molecule has 10 rings (SSSR count). The van der Waals surface area contributed by atoms with Crippen LogP contribution in [0.5, 0.6) is 0 Å². The number of nitrogens with zero attached hydrogens (tertiary/aromatic N) is 10. The second kappa shape index (κ2) is 8.50. The molecule has 12 heteroatoms. The van der Waals surface area contributed by atoms with E-state index in [4.69, 9.17) is 4.98 Å². The standard InChI is InChI=1S/C26H38N10OS/c1-21-3-5-23(6-4-21)34(22(2)37)26-27-24(7-35-15-28-9-29(16-35)11-30(10-28)17-35)25(38-26)8-36-18-31-12-32(19-36)14-33(13-31)20-36/h3-6H,7-20H2,1-2H3/q+2. The van der Waals surface area contributed by atoms with E-state index in [9.17, 15) is 4.79 Å². The Balaban J connectivity index is 1.17. The van der Waals surface area contributed by atoms with Crippen LogP contribution in [0.15, 0.2) is 24.3 Å². The third kappa shape index (κ3) is 4.02. The number of anilines is 2. The number of hydrogen-bond donors (Lipinski definition) is 0. The summed E-state index contributed by atoms with van der Waals surface area (Å²) in [6, 6.07) is 8.24. The maximum atomic E-state index is 13.0. The van der Waals surface area contributed by atoms with Crippen molar-refractivity contribution in [1.29, 1.82) is 0 Å². The Kier molecular flexibility index (Phi) is 5.33. The van der Waals surface area contributed by atoms with Gasteiger partial charge in [0, 0.05) is 6.92 Å². The first-order valence-corrected chi connectivity index (χ1v) is 14.5. The molecule has 0 radical (unpaired) electrons. The number of rotatable bonds is 6. The lowest BCUT2D eigenvalue weighted by molar-refractivity contribution is -0.994. The monoisotopic (exact) mass is 538 g/mol. The highest BCUT2D eigenvalue weighted by Gasteiger charge is 2.51. The minimum absolute atomic E-state index is 0.0148. The lowest BCUT2D eigenvalue weighted by atomic mass is 10.2. The fourth-order valence-corrected chi connectivity index (χ4v) is 9.34. The zero-order valence-electron chi connectivity index (χ0n) is 22.5. The largest absolute Gasteiger partial charge is 0.281 e. The highest BCUT2D eigenvalue weighted by molar-refractivity contribution is 7.16. The predicted molar refractivity (Wildman–Crippen MR) is 143 cm³/mol. The van der Waals surface area contributed by atoms with E-state index in [1.54, 1.807) is 18.3 Å². The average molecular weight is 539 g/mol. The van der Waals surface area contributed by atoms with Crippen molar-refractivity contribution < 1.29 is 13.8 Å². The van der Waals surface area contributed by atoms with Gasteiger partial charge in [0.1, 0.15) is 58.8 Å². The SMILES string of the molecule is CC(=O)N(c1ccc(C)cc1)c1nc(C[N+]23CN4CN(CN(C4)C2)C3)c(C[N+]23CN4CN(CN(C4)C2)C3)s1. The Morgan fingerprint density at radius 3 is 1.68 bits per heavy atom. The van der Waals surface area contributed by atoms with Crippen LogP contribution in [-0.2, 0) is 17.9 Å². The molecule has 0 N–H and O–H groups in total. The summed E-state index contributed by atoms with van der Waals surface area (Å²) < 4.78 is 2.06. The van der Waals surface area contributed by atoms with E-state index >= 15 is 0 Å². The Morgan fingerprint density at radius 1 is 0.789 bits per heavy atom. The number of amides is 1. The second-order valence-electron chi connectivity index (χ2n) is 12.8. The summed E-state index contributed by atoms with van der Waals surface area (Å²) in [6.07, 6.45) is 0. The summed E-state index contributed by atoms with van der Waals surface area (Å²) in [5.74, 6) is 0.0148. The molecule has 8 aliphatic heterocycles. The van der Waals surface area contributed by atoms with Gasteiger partial charge in [-0.25, -0.2) is 34.4 Å². The fourth-order valence-electron chi connectivity index (χ4n) is 8.07. The van der Waals surface area contributed by atoms with Gasteiger partial charge in [0.2, 0.25) is 5.91 Å². The van der Waals surface area contributed by atoms with Gasteiger partial charge in [-0.15, -0.1) is 0 Å². The zero-order chi connectivity index (χ0) is 25.6. The molecule has 1 aromatic carbocycles. The molecule has 0 saturated carbocycles. The van der Waals surface area contributed by atoms with Crippen LogP contribution >= 0.6 is 11.3 Å². The molecule has 202 valence electrons. The number of quaternary nitrogens is 2. The Morgan fingerprint density at radius 2 is 1.24 bits per heavy atom. The summed E-state index contributed by atoms with van der Waals surface area (Å²) in [5.41, 5.74) is 3.29. The highest BCUT2D eigenvalue weighted by atomic mass is 32.1. The predicted octanol–water partition coefficient (Wildman–Crippen LogP) is 1.15. The van der Waals surface area contributed by atoms with E-state index < -0.39 is 0 Å². The van der Waals surface area contributed by atoms with Crippen molar-refractivity contribution >= 4 is 28.1 Å². The number of aromatic nitrogens is 1. The molecular weight excluding hydrogens is 500 g/mol. The molecule has 8 fully saturated rings. The van der Waals surface area contributed by atoms with Gasteiger partial charge < -0.3 is 0 Å². The molecule has 0 atom stereocenters. The topological polar surface area (TPSA) is 52.6 Å². The van der Waals surface area contributed by atoms with E-state index in [1.165, 1.54) is 16.1 Å². The van der Waals surface area contributed by atoms with Crippen LogP contribution in [0, 0.1) is 6.92 Å².